The summed E-state index contributed by atoms with van der Waals surface area (Å²) in [5, 5.41) is 4.26. The molecule has 6 heteroatoms. The molecule has 1 aromatic heterocycles. The summed E-state index contributed by atoms with van der Waals surface area (Å²) in [6, 6.07) is 6.91. The van der Waals surface area contributed by atoms with Crippen molar-refractivity contribution in [2.75, 3.05) is 18.4 Å². The molecule has 2 amide bonds. The van der Waals surface area contributed by atoms with Crippen molar-refractivity contribution in [3.8, 4) is 0 Å². The number of likely N-dealkylation sites (tertiary alicyclic amines) is 1. The van der Waals surface area contributed by atoms with E-state index in [4.69, 9.17) is 11.6 Å². The summed E-state index contributed by atoms with van der Waals surface area (Å²) >= 11 is 7.65. The molecule has 1 atom stereocenters. The van der Waals surface area contributed by atoms with Gasteiger partial charge in [0.25, 0.3) is 11.8 Å². The highest BCUT2D eigenvalue weighted by atomic mass is 35.5. The van der Waals surface area contributed by atoms with Crippen molar-refractivity contribution in [3.05, 3.63) is 50.9 Å². The predicted molar refractivity (Wildman–Crippen MR) is 124 cm³/mol. The van der Waals surface area contributed by atoms with Gasteiger partial charge in [0.1, 0.15) is 5.00 Å². The zero-order valence-electron chi connectivity index (χ0n) is 17.9. The number of anilines is 1. The summed E-state index contributed by atoms with van der Waals surface area (Å²) in [5.41, 5.74) is 2.60. The smallest absolute Gasteiger partial charge is 0.257 e. The van der Waals surface area contributed by atoms with E-state index in [1.54, 1.807) is 35.6 Å². The minimum absolute atomic E-state index is 0.0700. The molecule has 0 unspecified atom stereocenters. The summed E-state index contributed by atoms with van der Waals surface area (Å²) in [7, 11) is 0. The van der Waals surface area contributed by atoms with Gasteiger partial charge in [-0.3, -0.25) is 9.59 Å². The number of thiophene rings is 1. The third-order valence-electron chi connectivity index (χ3n) is 6.41. The maximum absolute atomic E-state index is 13.4. The minimum Gasteiger partial charge on any atom is -0.339 e. The number of nitrogens with zero attached hydrogens (tertiary/aromatic N) is 1. The first kappa shape index (κ1) is 21.4. The Bertz CT molecular complexity index is 970. The molecular formula is C24H29ClN2O2S. The van der Waals surface area contributed by atoms with E-state index in [9.17, 15) is 9.59 Å². The van der Waals surface area contributed by atoms with Crippen LogP contribution in [-0.2, 0) is 12.8 Å². The van der Waals surface area contributed by atoms with E-state index in [2.05, 4.69) is 26.1 Å². The third kappa shape index (κ3) is 4.28. The van der Waals surface area contributed by atoms with Crippen LogP contribution < -0.4 is 5.32 Å². The molecule has 0 spiro atoms. The normalized spacial score (nSPS) is 18.9. The Balaban J connectivity index is 1.69. The Morgan fingerprint density at radius 3 is 2.60 bits per heavy atom. The van der Waals surface area contributed by atoms with Gasteiger partial charge in [0, 0.05) is 28.6 Å². The van der Waals surface area contributed by atoms with E-state index in [-0.39, 0.29) is 17.2 Å². The Kier molecular flexibility index (Phi) is 5.95. The van der Waals surface area contributed by atoms with Gasteiger partial charge in [0.2, 0.25) is 0 Å². The highest BCUT2D eigenvalue weighted by molar-refractivity contribution is 7.17. The van der Waals surface area contributed by atoms with Crippen molar-refractivity contribution < 1.29 is 9.59 Å². The van der Waals surface area contributed by atoms with Crippen LogP contribution in [0.3, 0.4) is 0 Å². The second-order valence-electron chi connectivity index (χ2n) is 9.48. The van der Waals surface area contributed by atoms with Gasteiger partial charge in [0.05, 0.1) is 5.56 Å². The van der Waals surface area contributed by atoms with Crippen molar-refractivity contribution in [2.24, 2.45) is 11.3 Å². The third-order valence-corrected chi connectivity index (χ3v) is 7.82. The highest BCUT2D eigenvalue weighted by Crippen LogP contribution is 2.45. The van der Waals surface area contributed by atoms with Crippen LogP contribution in [0.5, 0.6) is 0 Å². The molecule has 1 N–H and O–H groups in total. The molecular weight excluding hydrogens is 416 g/mol. The molecule has 0 radical (unpaired) electrons. The van der Waals surface area contributed by atoms with Crippen molar-refractivity contribution >= 4 is 39.8 Å². The predicted octanol–water partition coefficient (Wildman–Crippen LogP) is 6.04. The molecule has 160 valence electrons. The average molecular weight is 445 g/mol. The maximum atomic E-state index is 13.4. The number of carbonyl (C=O) groups excluding carboxylic acids is 2. The summed E-state index contributed by atoms with van der Waals surface area (Å²) in [4.78, 5) is 29.5. The Morgan fingerprint density at radius 2 is 1.93 bits per heavy atom. The van der Waals surface area contributed by atoms with Gasteiger partial charge < -0.3 is 10.2 Å². The van der Waals surface area contributed by atoms with E-state index >= 15 is 0 Å². The largest absolute Gasteiger partial charge is 0.339 e. The molecule has 4 nitrogen and oxygen atoms in total. The number of carbonyl (C=O) groups is 2. The summed E-state index contributed by atoms with van der Waals surface area (Å²) in [6.07, 6.45) is 5.05. The van der Waals surface area contributed by atoms with Crippen molar-refractivity contribution in [3.63, 3.8) is 0 Å². The van der Waals surface area contributed by atoms with Crippen LogP contribution in [0.2, 0.25) is 5.02 Å². The molecule has 0 saturated carbocycles. The lowest BCUT2D eigenvalue weighted by atomic mass is 9.72. The summed E-state index contributed by atoms with van der Waals surface area (Å²) in [6.45, 7) is 8.46. The second-order valence-corrected chi connectivity index (χ2v) is 11.0. The molecule has 0 bridgehead atoms. The van der Waals surface area contributed by atoms with E-state index in [1.807, 2.05) is 4.90 Å². The lowest BCUT2D eigenvalue weighted by Crippen LogP contribution is -2.30. The van der Waals surface area contributed by atoms with Crippen LogP contribution in [-0.4, -0.2) is 29.8 Å². The molecule has 30 heavy (non-hydrogen) atoms. The van der Waals surface area contributed by atoms with Gasteiger partial charge in [0.15, 0.2) is 0 Å². The summed E-state index contributed by atoms with van der Waals surface area (Å²) < 4.78 is 0. The lowest BCUT2D eigenvalue weighted by molar-refractivity contribution is 0.0792. The van der Waals surface area contributed by atoms with E-state index in [0.717, 1.165) is 56.3 Å². The van der Waals surface area contributed by atoms with Crippen molar-refractivity contribution in [1.29, 1.82) is 0 Å². The van der Waals surface area contributed by atoms with Crippen LogP contribution >= 0.6 is 22.9 Å². The second kappa shape index (κ2) is 8.35. The van der Waals surface area contributed by atoms with Crippen LogP contribution in [0.25, 0.3) is 0 Å². The van der Waals surface area contributed by atoms with Crippen LogP contribution in [0.1, 0.15) is 71.2 Å². The first-order valence-electron chi connectivity index (χ1n) is 10.7. The molecule has 1 aliphatic carbocycles. The number of nitrogens with one attached hydrogen (secondary N) is 1. The minimum atomic E-state index is -0.223. The number of fused-ring (bicyclic) bond motifs is 1. The molecule has 2 aromatic rings. The monoisotopic (exact) mass is 444 g/mol. The quantitative estimate of drug-likeness (QED) is 0.627. The molecule has 1 saturated heterocycles. The molecule has 4 rings (SSSR count). The van der Waals surface area contributed by atoms with Crippen LogP contribution in [0.15, 0.2) is 24.3 Å². The van der Waals surface area contributed by atoms with Crippen molar-refractivity contribution in [2.45, 2.75) is 52.9 Å². The van der Waals surface area contributed by atoms with E-state index in [0.29, 0.717) is 21.5 Å². The highest BCUT2D eigenvalue weighted by Gasteiger charge is 2.35. The van der Waals surface area contributed by atoms with E-state index in [1.165, 1.54) is 4.88 Å². The summed E-state index contributed by atoms with van der Waals surface area (Å²) in [5.74, 6) is 0.425. The molecule has 2 aliphatic rings. The zero-order chi connectivity index (χ0) is 21.5. The Hall–Kier alpha value is -1.85. The van der Waals surface area contributed by atoms with Gasteiger partial charge >= 0.3 is 0 Å². The number of amides is 2. The number of halogens is 1. The van der Waals surface area contributed by atoms with Gasteiger partial charge in [-0.25, -0.2) is 0 Å². The topological polar surface area (TPSA) is 49.4 Å². The van der Waals surface area contributed by atoms with E-state index < -0.39 is 0 Å². The fourth-order valence-corrected chi connectivity index (χ4v) is 6.03. The number of rotatable bonds is 3. The number of benzene rings is 1. The first-order chi connectivity index (χ1) is 14.2. The SMILES string of the molecule is CC(C)(C)[C@@H]1CCc2c(sc(NC(=O)c3cccc(Cl)c3)c2C(=O)N2CCCC2)C1. The van der Waals surface area contributed by atoms with Gasteiger partial charge in [-0.05, 0) is 67.2 Å². The van der Waals surface area contributed by atoms with Gasteiger partial charge in [-0.2, -0.15) is 0 Å². The first-order valence-corrected chi connectivity index (χ1v) is 11.9. The van der Waals surface area contributed by atoms with Gasteiger partial charge in [-0.15, -0.1) is 11.3 Å². The zero-order valence-corrected chi connectivity index (χ0v) is 19.5. The van der Waals surface area contributed by atoms with Crippen LogP contribution in [0, 0.1) is 11.3 Å². The average Bonchev–Trinajstić information content (AvgIpc) is 3.34. The van der Waals surface area contributed by atoms with Gasteiger partial charge in [-0.1, -0.05) is 38.4 Å². The molecule has 1 fully saturated rings. The fourth-order valence-electron chi connectivity index (χ4n) is 4.52. The standard InChI is InChI=1S/C24H29ClN2O2S/c1-24(2,3)16-9-10-18-19(14-16)30-22(20(18)23(29)27-11-4-5-12-27)26-21(28)15-7-6-8-17(25)13-15/h6-8,13,16H,4-5,9-12,14H2,1-3H3,(H,26,28)/t16-/m1/s1. The van der Waals surface area contributed by atoms with Crippen molar-refractivity contribution in [1.82, 2.24) is 4.90 Å². The molecule has 1 aliphatic heterocycles. The molecule has 2 heterocycles. The number of hydrogen-bond donors (Lipinski definition) is 1. The van der Waals surface area contributed by atoms with Crippen LogP contribution in [0.4, 0.5) is 5.00 Å². The lowest BCUT2D eigenvalue weighted by Gasteiger charge is -2.34. The molecule has 1 aromatic carbocycles. The number of hydrogen-bond acceptors (Lipinski definition) is 3. The fraction of sp³-hybridized carbons (Fsp3) is 0.500. The Labute approximate surface area is 187 Å². The maximum Gasteiger partial charge on any atom is 0.257 e. The Morgan fingerprint density at radius 1 is 1.20 bits per heavy atom.